The van der Waals surface area contributed by atoms with Crippen LogP contribution in [0.3, 0.4) is 0 Å². The van der Waals surface area contributed by atoms with Crippen molar-refractivity contribution in [1.29, 1.82) is 0 Å². The van der Waals surface area contributed by atoms with E-state index >= 15 is 0 Å². The molecule has 0 bridgehead atoms. The minimum absolute atomic E-state index is 0.0854. The first-order chi connectivity index (χ1) is 14.0. The van der Waals surface area contributed by atoms with Gasteiger partial charge in [0.25, 0.3) is 0 Å². The molecule has 0 aliphatic carbocycles. The van der Waals surface area contributed by atoms with Gasteiger partial charge in [0.2, 0.25) is 11.8 Å². The molecule has 1 aromatic carbocycles. The van der Waals surface area contributed by atoms with Crippen LogP contribution in [0, 0.1) is 11.7 Å². The Morgan fingerprint density at radius 2 is 2.07 bits per heavy atom. The summed E-state index contributed by atoms with van der Waals surface area (Å²) in [7, 11) is 0. The average molecular weight is 424 g/mol. The summed E-state index contributed by atoms with van der Waals surface area (Å²) in [6.45, 7) is 8.53. The summed E-state index contributed by atoms with van der Waals surface area (Å²) >= 11 is 1.51. The lowest BCUT2D eigenvalue weighted by molar-refractivity contribution is -0.142. The number of carbonyl (C=O) groups excluding carboxylic acids is 2. The number of carbonyl (C=O) groups is 2. The molecule has 0 spiro atoms. The summed E-state index contributed by atoms with van der Waals surface area (Å²) in [5.41, 5.74) is 0.714. The highest BCUT2D eigenvalue weighted by atomic mass is 32.2. The molecule has 2 aliphatic heterocycles. The van der Waals surface area contributed by atoms with Gasteiger partial charge in [-0.1, -0.05) is 26.0 Å². The molecule has 0 aromatic heterocycles. The van der Waals surface area contributed by atoms with Gasteiger partial charge in [0.05, 0.1) is 13.2 Å². The summed E-state index contributed by atoms with van der Waals surface area (Å²) < 4.78 is 19.1. The molecule has 2 saturated heterocycles. The van der Waals surface area contributed by atoms with Crippen molar-refractivity contribution in [3.63, 3.8) is 0 Å². The van der Waals surface area contributed by atoms with Gasteiger partial charge in [0, 0.05) is 31.3 Å². The third-order valence-electron chi connectivity index (χ3n) is 5.24. The molecule has 8 heteroatoms. The van der Waals surface area contributed by atoms with Crippen molar-refractivity contribution in [2.24, 2.45) is 5.92 Å². The number of rotatable bonds is 7. The fraction of sp³-hybridized carbons (Fsp3) is 0.619. The Morgan fingerprint density at radius 1 is 1.31 bits per heavy atom. The first kappa shape index (κ1) is 22.1. The smallest absolute Gasteiger partial charge is 0.243 e. The highest BCUT2D eigenvalue weighted by Crippen LogP contribution is 2.42. The SMILES string of the molecule is CC(C)C(=O)N1C(C(=O)NCCCN2CCOCC2)CSC1c1cccc(F)c1. The number of hydrogen-bond donors (Lipinski definition) is 1. The third kappa shape index (κ3) is 5.71. The van der Waals surface area contributed by atoms with Gasteiger partial charge in [-0.25, -0.2) is 4.39 Å². The first-order valence-corrected chi connectivity index (χ1v) is 11.3. The van der Waals surface area contributed by atoms with Crippen LogP contribution in [0.5, 0.6) is 0 Å². The number of thioether (sulfide) groups is 1. The van der Waals surface area contributed by atoms with Crippen molar-refractivity contribution in [2.45, 2.75) is 31.7 Å². The largest absolute Gasteiger partial charge is 0.379 e. The van der Waals surface area contributed by atoms with Crippen LogP contribution in [-0.2, 0) is 14.3 Å². The van der Waals surface area contributed by atoms with E-state index in [2.05, 4.69) is 10.2 Å². The molecule has 6 nitrogen and oxygen atoms in total. The van der Waals surface area contributed by atoms with Crippen molar-refractivity contribution < 1.29 is 18.7 Å². The van der Waals surface area contributed by atoms with Crippen LogP contribution in [0.25, 0.3) is 0 Å². The van der Waals surface area contributed by atoms with Crippen molar-refractivity contribution >= 4 is 23.6 Å². The Hall–Kier alpha value is -1.64. The molecule has 1 aromatic rings. The van der Waals surface area contributed by atoms with Crippen molar-refractivity contribution in [3.05, 3.63) is 35.6 Å². The zero-order valence-corrected chi connectivity index (χ0v) is 17.9. The number of hydrogen-bond acceptors (Lipinski definition) is 5. The Balaban J connectivity index is 1.60. The lowest BCUT2D eigenvalue weighted by Gasteiger charge is -2.30. The number of morpholine rings is 1. The molecule has 2 unspecified atom stereocenters. The third-order valence-corrected chi connectivity index (χ3v) is 6.56. The second-order valence-corrected chi connectivity index (χ2v) is 8.87. The molecule has 2 aliphatic rings. The zero-order valence-electron chi connectivity index (χ0n) is 17.1. The van der Waals surface area contributed by atoms with E-state index in [4.69, 9.17) is 4.74 Å². The Kier molecular flexibility index (Phi) is 7.91. The van der Waals surface area contributed by atoms with E-state index in [0.29, 0.717) is 17.9 Å². The molecular formula is C21H30FN3O3S. The van der Waals surface area contributed by atoms with Crippen LogP contribution in [0.15, 0.2) is 24.3 Å². The normalized spacial score (nSPS) is 22.8. The van der Waals surface area contributed by atoms with Gasteiger partial charge in [0.1, 0.15) is 17.2 Å². The van der Waals surface area contributed by atoms with Gasteiger partial charge in [-0.2, -0.15) is 0 Å². The fourth-order valence-electron chi connectivity index (χ4n) is 3.65. The van der Waals surface area contributed by atoms with Crippen molar-refractivity contribution in [2.75, 3.05) is 45.1 Å². The summed E-state index contributed by atoms with van der Waals surface area (Å²) in [6, 6.07) is 5.75. The minimum atomic E-state index is -0.536. The molecule has 1 N–H and O–H groups in total. The maximum absolute atomic E-state index is 13.7. The number of benzene rings is 1. The second kappa shape index (κ2) is 10.4. The van der Waals surface area contributed by atoms with Gasteiger partial charge >= 0.3 is 0 Å². The summed E-state index contributed by atoms with van der Waals surface area (Å²) in [5.74, 6) is -0.280. The number of ether oxygens (including phenoxy) is 1. The van der Waals surface area contributed by atoms with Gasteiger partial charge in [0.15, 0.2) is 0 Å². The van der Waals surface area contributed by atoms with Gasteiger partial charge in [-0.05, 0) is 30.7 Å². The second-order valence-electron chi connectivity index (χ2n) is 7.76. The van der Waals surface area contributed by atoms with E-state index in [1.807, 2.05) is 19.9 Å². The fourth-order valence-corrected chi connectivity index (χ4v) is 5.08. The lowest BCUT2D eigenvalue weighted by Crippen LogP contribution is -2.49. The van der Waals surface area contributed by atoms with Crippen LogP contribution in [-0.4, -0.2) is 72.8 Å². The number of nitrogens with one attached hydrogen (secondary N) is 1. The highest BCUT2D eigenvalue weighted by Gasteiger charge is 2.42. The number of halogens is 1. The molecule has 0 saturated carbocycles. The van der Waals surface area contributed by atoms with E-state index in [-0.39, 0.29) is 28.9 Å². The van der Waals surface area contributed by atoms with Crippen LogP contribution >= 0.6 is 11.8 Å². The lowest BCUT2D eigenvalue weighted by atomic mass is 10.1. The van der Waals surface area contributed by atoms with E-state index < -0.39 is 6.04 Å². The number of amides is 2. The molecule has 3 rings (SSSR count). The van der Waals surface area contributed by atoms with E-state index in [1.165, 1.54) is 23.9 Å². The van der Waals surface area contributed by atoms with Crippen LogP contribution in [0.2, 0.25) is 0 Å². The van der Waals surface area contributed by atoms with Crippen LogP contribution in [0.1, 0.15) is 31.2 Å². The zero-order chi connectivity index (χ0) is 20.8. The highest BCUT2D eigenvalue weighted by molar-refractivity contribution is 7.99. The molecule has 2 atom stereocenters. The molecule has 2 fully saturated rings. The van der Waals surface area contributed by atoms with Gasteiger partial charge in [-0.15, -0.1) is 11.8 Å². The molecule has 2 heterocycles. The summed E-state index contributed by atoms with van der Waals surface area (Å²) in [5, 5.41) is 2.65. The topological polar surface area (TPSA) is 61.9 Å². The number of nitrogens with zero attached hydrogens (tertiary/aromatic N) is 2. The van der Waals surface area contributed by atoms with Gasteiger partial charge < -0.3 is 15.0 Å². The molecule has 29 heavy (non-hydrogen) atoms. The Morgan fingerprint density at radius 3 is 2.76 bits per heavy atom. The molecule has 2 amide bonds. The summed E-state index contributed by atoms with van der Waals surface area (Å²) in [6.07, 6.45) is 0.858. The predicted molar refractivity (Wildman–Crippen MR) is 112 cm³/mol. The van der Waals surface area contributed by atoms with E-state index in [1.54, 1.807) is 11.0 Å². The monoisotopic (exact) mass is 423 g/mol. The Labute approximate surface area is 176 Å². The molecule has 160 valence electrons. The van der Waals surface area contributed by atoms with Crippen molar-refractivity contribution in [1.82, 2.24) is 15.1 Å². The minimum Gasteiger partial charge on any atom is -0.379 e. The standard InChI is InChI=1S/C21H30FN3O3S/c1-15(2)20(27)25-18(14-29-21(25)16-5-3-6-17(22)13-16)19(26)23-7-4-8-24-9-11-28-12-10-24/h3,5-6,13,15,18,21H,4,7-12,14H2,1-2H3,(H,23,26). The van der Waals surface area contributed by atoms with Gasteiger partial charge in [-0.3, -0.25) is 14.5 Å². The molecule has 0 radical (unpaired) electrons. The molecular weight excluding hydrogens is 393 g/mol. The predicted octanol–water partition coefficient (Wildman–Crippen LogP) is 2.26. The van der Waals surface area contributed by atoms with Crippen molar-refractivity contribution in [3.8, 4) is 0 Å². The maximum Gasteiger partial charge on any atom is 0.243 e. The first-order valence-electron chi connectivity index (χ1n) is 10.2. The quantitative estimate of drug-likeness (QED) is 0.682. The van der Waals surface area contributed by atoms with Crippen LogP contribution in [0.4, 0.5) is 4.39 Å². The maximum atomic E-state index is 13.7. The summed E-state index contributed by atoms with van der Waals surface area (Å²) in [4.78, 5) is 29.7. The Bertz CT molecular complexity index is 712. The van der Waals surface area contributed by atoms with Crippen LogP contribution < -0.4 is 5.32 Å². The van der Waals surface area contributed by atoms with E-state index in [9.17, 15) is 14.0 Å². The average Bonchev–Trinajstić information content (AvgIpc) is 3.16. The van der Waals surface area contributed by atoms with E-state index in [0.717, 1.165) is 39.3 Å².